The largest absolute Gasteiger partial charge is 0.360 e. The first-order valence-corrected chi connectivity index (χ1v) is 9.13. The normalized spacial score (nSPS) is 12.5. The maximum atomic E-state index is 12.1. The Morgan fingerprint density at radius 3 is 1.95 bits per heavy atom. The summed E-state index contributed by atoms with van der Waals surface area (Å²) in [5.74, 6) is 0.0690. The van der Waals surface area contributed by atoms with Gasteiger partial charge in [0.25, 0.3) is 20.0 Å². The zero-order valence-electron chi connectivity index (χ0n) is 12.1. The first-order valence-electron chi connectivity index (χ1n) is 6.16. The van der Waals surface area contributed by atoms with Crippen molar-refractivity contribution in [1.29, 1.82) is 0 Å². The molecule has 0 aliphatic carbocycles. The standard InChI is InChI=1S/C12H15N3O5S2/c1-8-4-6-11(7-5-8)21(16,17)14-15-22(18,19)12-9(2)13-20-10(12)3/h4-7,14-15H,1-3H3. The molecule has 0 fully saturated rings. The van der Waals surface area contributed by atoms with Crippen LogP contribution in [-0.2, 0) is 20.0 Å². The first-order chi connectivity index (χ1) is 10.1. The fourth-order valence-electron chi connectivity index (χ4n) is 1.80. The van der Waals surface area contributed by atoms with E-state index in [1.807, 2.05) is 16.6 Å². The molecule has 8 nitrogen and oxygen atoms in total. The van der Waals surface area contributed by atoms with E-state index in [0.717, 1.165) is 5.56 Å². The molecule has 10 heteroatoms. The van der Waals surface area contributed by atoms with Crippen molar-refractivity contribution in [2.75, 3.05) is 0 Å². The van der Waals surface area contributed by atoms with E-state index in [2.05, 4.69) is 5.16 Å². The van der Waals surface area contributed by atoms with Gasteiger partial charge in [-0.3, -0.25) is 0 Å². The van der Waals surface area contributed by atoms with Crippen molar-refractivity contribution in [3.05, 3.63) is 41.3 Å². The molecule has 0 radical (unpaired) electrons. The van der Waals surface area contributed by atoms with Gasteiger partial charge in [-0.1, -0.05) is 22.9 Å². The summed E-state index contributed by atoms with van der Waals surface area (Å²) in [6.45, 7) is 4.67. The average Bonchev–Trinajstić information content (AvgIpc) is 2.77. The lowest BCUT2D eigenvalue weighted by Gasteiger charge is -2.09. The van der Waals surface area contributed by atoms with Crippen LogP contribution in [0.25, 0.3) is 0 Å². The molecule has 0 bridgehead atoms. The molecule has 0 spiro atoms. The van der Waals surface area contributed by atoms with Crippen LogP contribution in [0.4, 0.5) is 0 Å². The maximum Gasteiger partial charge on any atom is 0.259 e. The number of nitrogens with zero attached hydrogens (tertiary/aromatic N) is 1. The topological polar surface area (TPSA) is 118 Å². The Morgan fingerprint density at radius 1 is 0.909 bits per heavy atom. The maximum absolute atomic E-state index is 12.1. The van der Waals surface area contributed by atoms with E-state index >= 15 is 0 Å². The summed E-state index contributed by atoms with van der Waals surface area (Å²) in [7, 11) is -8.14. The van der Waals surface area contributed by atoms with Crippen LogP contribution in [0.5, 0.6) is 0 Å². The van der Waals surface area contributed by atoms with Gasteiger partial charge in [0.05, 0.1) is 4.90 Å². The van der Waals surface area contributed by atoms with Gasteiger partial charge in [0, 0.05) is 0 Å². The number of aromatic nitrogens is 1. The van der Waals surface area contributed by atoms with E-state index in [4.69, 9.17) is 4.52 Å². The Bertz CT molecular complexity index is 864. The van der Waals surface area contributed by atoms with Crippen molar-refractivity contribution in [2.24, 2.45) is 0 Å². The molecule has 1 aromatic carbocycles. The SMILES string of the molecule is Cc1ccc(S(=O)(=O)NNS(=O)(=O)c2c(C)noc2C)cc1. The Kier molecular flexibility index (Phi) is 4.38. The molecule has 0 saturated heterocycles. The minimum Gasteiger partial charge on any atom is -0.360 e. The van der Waals surface area contributed by atoms with Gasteiger partial charge in [-0.15, -0.1) is 9.66 Å². The van der Waals surface area contributed by atoms with Crippen molar-refractivity contribution in [3.8, 4) is 0 Å². The van der Waals surface area contributed by atoms with Gasteiger partial charge in [0.2, 0.25) is 0 Å². The molecule has 0 atom stereocenters. The number of sulfonamides is 2. The Hall–Kier alpha value is -1.75. The van der Waals surface area contributed by atoms with Crippen molar-refractivity contribution in [3.63, 3.8) is 0 Å². The molecule has 0 unspecified atom stereocenters. The van der Waals surface area contributed by atoms with E-state index in [0.29, 0.717) is 0 Å². The fraction of sp³-hybridized carbons (Fsp3) is 0.250. The second-order valence-electron chi connectivity index (χ2n) is 4.68. The molecule has 2 N–H and O–H groups in total. The quantitative estimate of drug-likeness (QED) is 0.773. The number of benzene rings is 1. The molecule has 1 heterocycles. The van der Waals surface area contributed by atoms with Crippen LogP contribution in [-0.4, -0.2) is 22.0 Å². The third-order valence-corrected chi connectivity index (χ3v) is 5.76. The van der Waals surface area contributed by atoms with E-state index in [9.17, 15) is 16.8 Å². The highest BCUT2D eigenvalue weighted by atomic mass is 32.2. The van der Waals surface area contributed by atoms with Gasteiger partial charge in [-0.25, -0.2) is 16.8 Å². The van der Waals surface area contributed by atoms with Crippen LogP contribution < -0.4 is 9.66 Å². The molecular weight excluding hydrogens is 330 g/mol. The molecule has 120 valence electrons. The first kappa shape index (κ1) is 16.6. The Labute approximate surface area is 128 Å². The van der Waals surface area contributed by atoms with E-state index in [1.165, 1.54) is 26.0 Å². The van der Waals surface area contributed by atoms with Gasteiger partial charge in [0.15, 0.2) is 5.76 Å². The van der Waals surface area contributed by atoms with Crippen molar-refractivity contribution in [1.82, 2.24) is 14.8 Å². The third-order valence-electron chi connectivity index (χ3n) is 2.88. The summed E-state index contributed by atoms with van der Waals surface area (Å²) < 4.78 is 53.1. The summed E-state index contributed by atoms with van der Waals surface area (Å²) in [4.78, 5) is 3.42. The predicted molar refractivity (Wildman–Crippen MR) is 77.8 cm³/mol. The molecule has 2 rings (SSSR count). The predicted octanol–water partition coefficient (Wildman–Crippen LogP) is 0.772. The minimum atomic E-state index is -4.12. The second kappa shape index (κ2) is 5.80. The Balaban J connectivity index is 2.23. The smallest absolute Gasteiger partial charge is 0.259 e. The van der Waals surface area contributed by atoms with Gasteiger partial charge in [-0.05, 0) is 32.9 Å². The molecule has 2 aromatic rings. The number of hydrogen-bond acceptors (Lipinski definition) is 6. The van der Waals surface area contributed by atoms with Crippen LogP contribution in [0.15, 0.2) is 38.6 Å². The summed E-state index contributed by atoms with van der Waals surface area (Å²) in [6.07, 6.45) is 0. The van der Waals surface area contributed by atoms with Crippen molar-refractivity contribution in [2.45, 2.75) is 30.6 Å². The van der Waals surface area contributed by atoms with E-state index < -0.39 is 20.0 Å². The number of hydrazine groups is 1. The summed E-state index contributed by atoms with van der Waals surface area (Å²) in [5.41, 5.74) is 1.02. The lowest BCUT2D eigenvalue weighted by Crippen LogP contribution is -2.41. The zero-order valence-corrected chi connectivity index (χ0v) is 13.7. The average molecular weight is 345 g/mol. The van der Waals surface area contributed by atoms with Gasteiger partial charge in [0.1, 0.15) is 10.6 Å². The lowest BCUT2D eigenvalue weighted by atomic mass is 10.2. The van der Waals surface area contributed by atoms with Crippen molar-refractivity contribution < 1.29 is 21.4 Å². The number of nitrogens with one attached hydrogen (secondary N) is 2. The summed E-state index contributed by atoms with van der Waals surface area (Å²) >= 11 is 0. The third kappa shape index (κ3) is 3.35. The van der Waals surface area contributed by atoms with Gasteiger partial charge in [-0.2, -0.15) is 0 Å². The highest BCUT2D eigenvalue weighted by Gasteiger charge is 2.26. The Morgan fingerprint density at radius 2 is 1.45 bits per heavy atom. The van der Waals surface area contributed by atoms with Crippen LogP contribution in [0, 0.1) is 20.8 Å². The van der Waals surface area contributed by atoms with Gasteiger partial charge < -0.3 is 4.52 Å². The second-order valence-corrected chi connectivity index (χ2v) is 7.98. The fourth-order valence-corrected chi connectivity index (χ4v) is 4.23. The van der Waals surface area contributed by atoms with Crippen LogP contribution in [0.1, 0.15) is 17.0 Å². The highest BCUT2D eigenvalue weighted by Crippen LogP contribution is 2.18. The number of aryl methyl sites for hydroxylation is 3. The summed E-state index contributed by atoms with van der Waals surface area (Å²) in [6, 6.07) is 5.97. The molecular formula is C12H15N3O5S2. The van der Waals surface area contributed by atoms with Crippen LogP contribution >= 0.6 is 0 Å². The molecule has 0 aliphatic rings. The van der Waals surface area contributed by atoms with Crippen molar-refractivity contribution >= 4 is 20.0 Å². The molecule has 0 aliphatic heterocycles. The monoisotopic (exact) mass is 345 g/mol. The highest BCUT2D eigenvalue weighted by molar-refractivity contribution is 7.92. The summed E-state index contributed by atoms with van der Waals surface area (Å²) in [5, 5.41) is 3.52. The molecule has 0 amide bonds. The molecule has 22 heavy (non-hydrogen) atoms. The number of hydrogen-bond donors (Lipinski definition) is 2. The minimum absolute atomic E-state index is 0.0560. The zero-order chi connectivity index (χ0) is 16.5. The van der Waals surface area contributed by atoms with E-state index in [-0.39, 0.29) is 21.2 Å². The molecule has 1 aromatic heterocycles. The van der Waals surface area contributed by atoms with Crippen LogP contribution in [0.2, 0.25) is 0 Å². The lowest BCUT2D eigenvalue weighted by molar-refractivity contribution is 0.390. The van der Waals surface area contributed by atoms with E-state index in [1.54, 1.807) is 12.1 Å². The number of rotatable bonds is 5. The van der Waals surface area contributed by atoms with Gasteiger partial charge >= 0.3 is 0 Å². The molecule has 0 saturated carbocycles. The van der Waals surface area contributed by atoms with Crippen LogP contribution in [0.3, 0.4) is 0 Å².